The van der Waals surface area contributed by atoms with Gasteiger partial charge in [0.25, 0.3) is 0 Å². The van der Waals surface area contributed by atoms with E-state index in [9.17, 15) is 13.2 Å². The summed E-state index contributed by atoms with van der Waals surface area (Å²) in [6, 6.07) is 14.8. The van der Waals surface area contributed by atoms with Gasteiger partial charge in [-0.2, -0.15) is 0 Å². The second-order valence-corrected chi connectivity index (χ2v) is 8.97. The molecule has 2 aromatic carbocycles. The number of carbonyl (C=O) groups excluding carboxylic acids is 1. The SMILES string of the molecule is CCOc1ccc(N(CCCC(=O)NC(C)c2ccc(C)cc2)S(C)(=O)=O)cc1. The highest BCUT2D eigenvalue weighted by molar-refractivity contribution is 7.92. The maximum Gasteiger partial charge on any atom is 0.232 e. The monoisotopic (exact) mass is 418 g/mol. The van der Waals surface area contributed by atoms with Gasteiger partial charge in [-0.1, -0.05) is 29.8 Å². The molecular formula is C22H30N2O4S. The summed E-state index contributed by atoms with van der Waals surface area (Å²) < 4.78 is 31.1. The van der Waals surface area contributed by atoms with Gasteiger partial charge in [-0.05, 0) is 57.0 Å². The molecule has 0 saturated heterocycles. The number of ether oxygens (including phenoxy) is 1. The van der Waals surface area contributed by atoms with Gasteiger partial charge in [0.05, 0.1) is 24.6 Å². The Kier molecular flexibility index (Phi) is 8.08. The largest absolute Gasteiger partial charge is 0.494 e. The lowest BCUT2D eigenvalue weighted by Crippen LogP contribution is -2.32. The molecule has 6 nitrogen and oxygen atoms in total. The third kappa shape index (κ3) is 7.09. The standard InChI is InChI=1S/C22H30N2O4S/c1-5-28-21-14-12-20(13-15-21)24(29(4,26)27)16-6-7-22(25)23-18(3)19-10-8-17(2)9-11-19/h8-15,18H,5-7,16H2,1-4H3,(H,23,25). The highest BCUT2D eigenvalue weighted by Gasteiger charge is 2.18. The summed E-state index contributed by atoms with van der Waals surface area (Å²) in [5, 5.41) is 2.97. The summed E-state index contributed by atoms with van der Waals surface area (Å²) in [5.74, 6) is 0.590. The fourth-order valence-electron chi connectivity index (χ4n) is 3.00. The number of rotatable bonds is 10. The lowest BCUT2D eigenvalue weighted by Gasteiger charge is -2.23. The van der Waals surface area contributed by atoms with Crippen molar-refractivity contribution in [2.45, 2.75) is 39.7 Å². The van der Waals surface area contributed by atoms with Crippen LogP contribution in [-0.2, 0) is 14.8 Å². The molecular weight excluding hydrogens is 388 g/mol. The highest BCUT2D eigenvalue weighted by atomic mass is 32.2. The summed E-state index contributed by atoms with van der Waals surface area (Å²) in [7, 11) is -3.45. The van der Waals surface area contributed by atoms with Crippen LogP contribution in [0.4, 0.5) is 5.69 Å². The first kappa shape index (κ1) is 22.7. The molecule has 0 heterocycles. The Morgan fingerprint density at radius 3 is 2.28 bits per heavy atom. The molecule has 0 bridgehead atoms. The van der Waals surface area contributed by atoms with Gasteiger partial charge in [-0.25, -0.2) is 8.42 Å². The second-order valence-electron chi connectivity index (χ2n) is 7.07. The number of amides is 1. The molecule has 0 radical (unpaired) electrons. The van der Waals surface area contributed by atoms with E-state index < -0.39 is 10.0 Å². The molecule has 1 unspecified atom stereocenters. The summed E-state index contributed by atoms with van der Waals surface area (Å²) in [4.78, 5) is 12.3. The molecule has 0 aromatic heterocycles. The molecule has 1 amide bonds. The van der Waals surface area contributed by atoms with E-state index in [1.54, 1.807) is 24.3 Å². The fraction of sp³-hybridized carbons (Fsp3) is 0.409. The second kappa shape index (κ2) is 10.3. The maximum absolute atomic E-state index is 12.3. The fourth-order valence-corrected chi connectivity index (χ4v) is 3.96. The topological polar surface area (TPSA) is 75.7 Å². The molecule has 7 heteroatoms. The van der Waals surface area contributed by atoms with Gasteiger partial charge in [-0.15, -0.1) is 0 Å². The first-order chi connectivity index (χ1) is 13.7. The molecule has 0 fully saturated rings. The van der Waals surface area contributed by atoms with Crippen molar-refractivity contribution in [3.8, 4) is 5.75 Å². The Morgan fingerprint density at radius 1 is 1.10 bits per heavy atom. The average Bonchev–Trinajstić information content (AvgIpc) is 2.66. The zero-order valence-electron chi connectivity index (χ0n) is 17.5. The van der Waals surface area contributed by atoms with E-state index in [0.29, 0.717) is 24.5 Å². The predicted molar refractivity (Wildman–Crippen MR) is 117 cm³/mol. The molecule has 158 valence electrons. The zero-order valence-corrected chi connectivity index (χ0v) is 18.3. The molecule has 0 aliphatic carbocycles. The van der Waals surface area contributed by atoms with Crippen LogP contribution < -0.4 is 14.4 Å². The Hall–Kier alpha value is -2.54. The lowest BCUT2D eigenvalue weighted by molar-refractivity contribution is -0.121. The van der Waals surface area contributed by atoms with Crippen LogP contribution in [0.5, 0.6) is 5.75 Å². The normalized spacial score (nSPS) is 12.3. The van der Waals surface area contributed by atoms with Gasteiger partial charge >= 0.3 is 0 Å². The molecule has 0 aliphatic heterocycles. The molecule has 29 heavy (non-hydrogen) atoms. The van der Waals surface area contributed by atoms with Crippen molar-refractivity contribution in [2.24, 2.45) is 0 Å². The van der Waals surface area contributed by atoms with E-state index in [1.807, 2.05) is 45.0 Å². The Morgan fingerprint density at radius 2 is 1.72 bits per heavy atom. The van der Waals surface area contributed by atoms with Crippen LogP contribution >= 0.6 is 0 Å². The quantitative estimate of drug-likeness (QED) is 0.636. The van der Waals surface area contributed by atoms with Crippen molar-refractivity contribution in [2.75, 3.05) is 23.7 Å². The first-order valence-electron chi connectivity index (χ1n) is 9.77. The lowest BCUT2D eigenvalue weighted by atomic mass is 10.1. The number of sulfonamides is 1. The molecule has 0 spiro atoms. The van der Waals surface area contributed by atoms with Crippen LogP contribution in [0, 0.1) is 6.92 Å². The number of carbonyl (C=O) groups is 1. The zero-order chi connectivity index (χ0) is 21.4. The smallest absolute Gasteiger partial charge is 0.232 e. The number of anilines is 1. The van der Waals surface area contributed by atoms with Crippen molar-refractivity contribution in [3.05, 3.63) is 59.7 Å². The predicted octanol–water partition coefficient (Wildman–Crippen LogP) is 3.82. The van der Waals surface area contributed by atoms with Crippen LogP contribution in [0.15, 0.2) is 48.5 Å². The Labute approximate surface area is 173 Å². The van der Waals surface area contributed by atoms with Crippen LogP contribution in [0.25, 0.3) is 0 Å². The summed E-state index contributed by atoms with van der Waals surface area (Å²) in [5.41, 5.74) is 2.77. The van der Waals surface area contributed by atoms with E-state index in [0.717, 1.165) is 5.56 Å². The van der Waals surface area contributed by atoms with E-state index in [1.165, 1.54) is 16.1 Å². The van der Waals surface area contributed by atoms with Crippen LogP contribution in [0.1, 0.15) is 43.9 Å². The van der Waals surface area contributed by atoms with Gasteiger partial charge in [0.15, 0.2) is 0 Å². The minimum absolute atomic E-state index is 0.0970. The molecule has 2 rings (SSSR count). The summed E-state index contributed by atoms with van der Waals surface area (Å²) in [6.07, 6.45) is 1.84. The minimum Gasteiger partial charge on any atom is -0.494 e. The van der Waals surface area contributed by atoms with Crippen molar-refractivity contribution in [3.63, 3.8) is 0 Å². The van der Waals surface area contributed by atoms with Gasteiger partial charge < -0.3 is 10.1 Å². The van der Waals surface area contributed by atoms with Crippen molar-refractivity contribution < 1.29 is 17.9 Å². The molecule has 0 saturated carbocycles. The number of aryl methyl sites for hydroxylation is 1. The van der Waals surface area contributed by atoms with Gasteiger partial charge in [0, 0.05) is 13.0 Å². The highest BCUT2D eigenvalue weighted by Crippen LogP contribution is 2.22. The van der Waals surface area contributed by atoms with Crippen LogP contribution in [-0.4, -0.2) is 33.7 Å². The van der Waals surface area contributed by atoms with E-state index in [-0.39, 0.29) is 24.9 Å². The molecule has 1 N–H and O–H groups in total. The third-order valence-corrected chi connectivity index (χ3v) is 5.75. The first-order valence-corrected chi connectivity index (χ1v) is 11.6. The average molecular weight is 419 g/mol. The van der Waals surface area contributed by atoms with Gasteiger partial charge in [0.1, 0.15) is 5.75 Å². The maximum atomic E-state index is 12.3. The Balaban J connectivity index is 1.92. The van der Waals surface area contributed by atoms with Crippen molar-refractivity contribution in [1.82, 2.24) is 5.32 Å². The minimum atomic E-state index is -3.45. The van der Waals surface area contributed by atoms with Crippen LogP contribution in [0.2, 0.25) is 0 Å². The number of hydrogen-bond acceptors (Lipinski definition) is 4. The number of nitrogens with one attached hydrogen (secondary N) is 1. The number of benzene rings is 2. The van der Waals surface area contributed by atoms with E-state index in [2.05, 4.69) is 5.32 Å². The Bertz CT molecular complexity index is 893. The van der Waals surface area contributed by atoms with E-state index >= 15 is 0 Å². The van der Waals surface area contributed by atoms with Crippen LogP contribution in [0.3, 0.4) is 0 Å². The van der Waals surface area contributed by atoms with Gasteiger partial charge in [0.2, 0.25) is 15.9 Å². The number of hydrogen-bond donors (Lipinski definition) is 1. The van der Waals surface area contributed by atoms with E-state index in [4.69, 9.17) is 4.74 Å². The van der Waals surface area contributed by atoms with Crippen molar-refractivity contribution >= 4 is 21.6 Å². The molecule has 0 aliphatic rings. The summed E-state index contributed by atoms with van der Waals surface area (Å²) in [6.45, 7) is 6.63. The van der Waals surface area contributed by atoms with Gasteiger partial charge in [-0.3, -0.25) is 9.10 Å². The third-order valence-electron chi connectivity index (χ3n) is 4.56. The molecule has 1 atom stereocenters. The number of nitrogens with zero attached hydrogens (tertiary/aromatic N) is 1. The summed E-state index contributed by atoms with van der Waals surface area (Å²) >= 11 is 0. The molecule has 2 aromatic rings. The van der Waals surface area contributed by atoms with Crippen molar-refractivity contribution in [1.29, 1.82) is 0 Å².